The number of carbonyl (C=O) groups excluding carboxylic acids is 2. The van der Waals surface area contributed by atoms with Crippen molar-refractivity contribution in [2.45, 2.75) is 31.9 Å². The molecule has 1 aliphatic carbocycles. The van der Waals surface area contributed by atoms with Crippen molar-refractivity contribution in [2.75, 3.05) is 5.32 Å². The van der Waals surface area contributed by atoms with Gasteiger partial charge in [-0.1, -0.05) is 12.8 Å². The lowest BCUT2D eigenvalue weighted by molar-refractivity contribution is -0.197. The highest BCUT2D eigenvalue weighted by Crippen LogP contribution is 2.41. The Morgan fingerprint density at radius 1 is 1.11 bits per heavy atom. The van der Waals surface area contributed by atoms with Crippen LogP contribution in [-0.2, 0) is 4.79 Å². The molecule has 6 nitrogen and oxygen atoms in total. The Labute approximate surface area is 153 Å². The smallest absolute Gasteiger partial charge is 0.364 e. The van der Waals surface area contributed by atoms with Crippen LogP contribution in [0.5, 0.6) is 0 Å². The number of rotatable bonds is 4. The zero-order valence-corrected chi connectivity index (χ0v) is 14.4. The van der Waals surface area contributed by atoms with Crippen molar-refractivity contribution in [2.24, 2.45) is 17.6 Å². The number of alkyl halides is 3. The minimum absolute atomic E-state index is 0.0119. The molecule has 3 rings (SSSR count). The van der Waals surface area contributed by atoms with E-state index in [1.54, 1.807) is 30.5 Å². The van der Waals surface area contributed by atoms with Gasteiger partial charge in [0.25, 0.3) is 5.91 Å². The summed E-state index contributed by atoms with van der Waals surface area (Å²) in [5.74, 6) is -3.92. The summed E-state index contributed by atoms with van der Waals surface area (Å²) in [6.07, 6.45) is -1.49. The summed E-state index contributed by atoms with van der Waals surface area (Å²) >= 11 is 0. The number of aromatic nitrogens is 2. The number of nitrogens with one attached hydrogen (secondary N) is 1. The molecule has 3 N–H and O–H groups in total. The number of halogens is 3. The molecule has 9 heteroatoms. The van der Waals surface area contributed by atoms with Gasteiger partial charge >= 0.3 is 6.18 Å². The van der Waals surface area contributed by atoms with Crippen molar-refractivity contribution in [3.63, 3.8) is 0 Å². The number of nitrogens with zero attached hydrogens (tertiary/aromatic N) is 2. The minimum Gasteiger partial charge on any atom is -0.364 e. The molecule has 1 aromatic heterocycles. The molecule has 1 heterocycles. The molecular formula is C18H19F3N4O2. The average Bonchev–Trinajstić information content (AvgIpc) is 3.12. The first-order valence-corrected chi connectivity index (χ1v) is 8.59. The van der Waals surface area contributed by atoms with Crippen molar-refractivity contribution in [3.8, 4) is 5.69 Å². The van der Waals surface area contributed by atoms with E-state index in [1.165, 1.54) is 10.7 Å². The van der Waals surface area contributed by atoms with Crippen molar-refractivity contribution in [1.29, 1.82) is 0 Å². The summed E-state index contributed by atoms with van der Waals surface area (Å²) in [6, 6.07) is 7.89. The van der Waals surface area contributed by atoms with E-state index in [0.29, 0.717) is 24.2 Å². The zero-order valence-electron chi connectivity index (χ0n) is 14.4. The van der Waals surface area contributed by atoms with Crippen LogP contribution in [0.2, 0.25) is 0 Å². The average molecular weight is 380 g/mol. The second kappa shape index (κ2) is 7.42. The van der Waals surface area contributed by atoms with Crippen LogP contribution in [0.1, 0.15) is 36.2 Å². The second-order valence-electron chi connectivity index (χ2n) is 6.58. The highest BCUT2D eigenvalue weighted by atomic mass is 19.4. The van der Waals surface area contributed by atoms with Crippen LogP contribution in [0.15, 0.2) is 36.5 Å². The number of anilines is 1. The summed E-state index contributed by atoms with van der Waals surface area (Å²) in [7, 11) is 0. The maximum Gasteiger partial charge on any atom is 0.392 e. The molecule has 1 aromatic carbocycles. The van der Waals surface area contributed by atoms with Crippen LogP contribution < -0.4 is 11.1 Å². The highest BCUT2D eigenvalue weighted by Gasteiger charge is 2.48. The first kappa shape index (κ1) is 18.9. The van der Waals surface area contributed by atoms with Crippen LogP contribution in [-0.4, -0.2) is 27.8 Å². The topological polar surface area (TPSA) is 90.0 Å². The van der Waals surface area contributed by atoms with Gasteiger partial charge in [-0.05, 0) is 43.2 Å². The zero-order chi connectivity index (χ0) is 19.6. The maximum absolute atomic E-state index is 13.2. The number of amides is 2. The molecule has 1 fully saturated rings. The van der Waals surface area contributed by atoms with Crippen molar-refractivity contribution >= 4 is 17.5 Å². The van der Waals surface area contributed by atoms with E-state index in [1.807, 2.05) is 0 Å². The summed E-state index contributed by atoms with van der Waals surface area (Å²) in [5.41, 5.74) is 6.29. The van der Waals surface area contributed by atoms with Gasteiger partial charge in [-0.3, -0.25) is 9.59 Å². The lowest BCUT2D eigenvalue weighted by atomic mass is 9.78. The molecule has 144 valence electrons. The predicted molar refractivity (Wildman–Crippen MR) is 92.2 cm³/mol. The minimum atomic E-state index is -4.37. The normalized spacial score (nSPS) is 20.3. The number of benzene rings is 1. The van der Waals surface area contributed by atoms with Crippen LogP contribution in [0.4, 0.5) is 18.9 Å². The largest absolute Gasteiger partial charge is 0.392 e. The third kappa shape index (κ3) is 4.29. The monoisotopic (exact) mass is 380 g/mol. The van der Waals surface area contributed by atoms with E-state index in [2.05, 4.69) is 10.4 Å². The fourth-order valence-electron chi connectivity index (χ4n) is 3.37. The van der Waals surface area contributed by atoms with Crippen molar-refractivity contribution < 1.29 is 22.8 Å². The van der Waals surface area contributed by atoms with Crippen LogP contribution in [0.25, 0.3) is 5.69 Å². The van der Waals surface area contributed by atoms with Gasteiger partial charge in [0.15, 0.2) is 0 Å². The van der Waals surface area contributed by atoms with Gasteiger partial charge in [0, 0.05) is 17.8 Å². The van der Waals surface area contributed by atoms with E-state index >= 15 is 0 Å². The Hall–Kier alpha value is -2.84. The molecule has 0 radical (unpaired) electrons. The Kier molecular flexibility index (Phi) is 5.20. The van der Waals surface area contributed by atoms with Crippen molar-refractivity contribution in [1.82, 2.24) is 9.78 Å². The van der Waals surface area contributed by atoms with Crippen LogP contribution in [0, 0.1) is 11.8 Å². The van der Waals surface area contributed by atoms with E-state index in [-0.39, 0.29) is 18.5 Å². The first-order chi connectivity index (χ1) is 12.8. The number of primary amides is 1. The second-order valence-corrected chi connectivity index (χ2v) is 6.58. The molecule has 2 atom stereocenters. The fourth-order valence-corrected chi connectivity index (χ4v) is 3.37. The van der Waals surface area contributed by atoms with Gasteiger partial charge in [-0.2, -0.15) is 18.3 Å². The Morgan fingerprint density at radius 3 is 2.37 bits per heavy atom. The number of hydrogen-bond donors (Lipinski definition) is 2. The van der Waals surface area contributed by atoms with Gasteiger partial charge < -0.3 is 11.1 Å². The summed E-state index contributed by atoms with van der Waals surface area (Å²) < 4.78 is 40.9. The van der Waals surface area contributed by atoms with E-state index < -0.39 is 29.8 Å². The Morgan fingerprint density at radius 2 is 1.78 bits per heavy atom. The van der Waals surface area contributed by atoms with Gasteiger partial charge in [-0.15, -0.1) is 0 Å². The maximum atomic E-state index is 13.2. The quantitative estimate of drug-likeness (QED) is 0.853. The van der Waals surface area contributed by atoms with Crippen LogP contribution in [0.3, 0.4) is 0 Å². The van der Waals surface area contributed by atoms with E-state index in [4.69, 9.17) is 5.73 Å². The number of hydrogen-bond acceptors (Lipinski definition) is 3. The van der Waals surface area contributed by atoms with Crippen molar-refractivity contribution in [3.05, 3.63) is 42.2 Å². The van der Waals surface area contributed by atoms with Crippen LogP contribution >= 0.6 is 0 Å². The standard InChI is InChI=1S/C18H19F3N4O2/c19-18(20,21)14-4-2-1-3-13(14)17(27)23-11-5-7-12(8-6-11)25-10-9-15(24-25)16(22)26/h5-10,13-14H,1-4H2,(H2,22,26)(H,23,27). The molecule has 0 spiro atoms. The molecule has 2 unspecified atom stereocenters. The lowest BCUT2D eigenvalue weighted by Gasteiger charge is -2.32. The van der Waals surface area contributed by atoms with Gasteiger partial charge in [0.2, 0.25) is 5.91 Å². The molecule has 0 bridgehead atoms. The molecule has 1 aliphatic rings. The molecular weight excluding hydrogens is 361 g/mol. The highest BCUT2D eigenvalue weighted by molar-refractivity contribution is 5.93. The molecule has 0 aliphatic heterocycles. The SMILES string of the molecule is NC(=O)c1ccn(-c2ccc(NC(=O)C3CCCCC3C(F)(F)F)cc2)n1. The number of carbonyl (C=O) groups is 2. The first-order valence-electron chi connectivity index (χ1n) is 8.59. The summed E-state index contributed by atoms with van der Waals surface area (Å²) in [6.45, 7) is 0. The number of nitrogens with two attached hydrogens (primary N) is 1. The van der Waals surface area contributed by atoms with Gasteiger partial charge in [-0.25, -0.2) is 4.68 Å². The third-order valence-corrected chi connectivity index (χ3v) is 4.76. The molecule has 2 amide bonds. The predicted octanol–water partition coefficient (Wildman–Crippen LogP) is 3.28. The summed E-state index contributed by atoms with van der Waals surface area (Å²) in [5, 5.41) is 6.58. The van der Waals surface area contributed by atoms with Gasteiger partial charge in [0.05, 0.1) is 11.6 Å². The Bertz CT molecular complexity index is 830. The van der Waals surface area contributed by atoms with E-state index in [9.17, 15) is 22.8 Å². The third-order valence-electron chi connectivity index (χ3n) is 4.76. The molecule has 2 aromatic rings. The van der Waals surface area contributed by atoms with Gasteiger partial charge in [0.1, 0.15) is 5.69 Å². The molecule has 0 saturated heterocycles. The van der Waals surface area contributed by atoms with E-state index in [0.717, 1.165) is 0 Å². The molecule has 27 heavy (non-hydrogen) atoms. The fraction of sp³-hybridized carbons (Fsp3) is 0.389. The summed E-state index contributed by atoms with van der Waals surface area (Å²) in [4.78, 5) is 23.5. The molecule has 1 saturated carbocycles. The lowest BCUT2D eigenvalue weighted by Crippen LogP contribution is -2.39. The Balaban J connectivity index is 1.70.